The molecule has 0 amide bonds. The van der Waals surface area contributed by atoms with Gasteiger partial charge < -0.3 is 0 Å². The summed E-state index contributed by atoms with van der Waals surface area (Å²) in [5.41, 5.74) is 2.95. The molecule has 0 aliphatic heterocycles. The summed E-state index contributed by atoms with van der Waals surface area (Å²) in [6, 6.07) is 22.3. The van der Waals surface area contributed by atoms with Gasteiger partial charge in [-0.1, -0.05) is 54.6 Å². The van der Waals surface area contributed by atoms with Gasteiger partial charge >= 0.3 is 0 Å². The Bertz CT molecular complexity index is 740. The maximum Gasteiger partial charge on any atom is 0.0935 e. The Morgan fingerprint density at radius 2 is 1.26 bits per heavy atom. The molecule has 3 aromatic rings. The monoisotopic (exact) mass is 246 g/mol. The van der Waals surface area contributed by atoms with Gasteiger partial charge in [0.1, 0.15) is 0 Å². The topological polar surface area (TPSA) is 24.7 Å². The normalized spacial score (nSPS) is 11.2. The van der Waals surface area contributed by atoms with Crippen molar-refractivity contribution in [3.05, 3.63) is 72.3 Å². The van der Waals surface area contributed by atoms with Crippen LogP contribution in [0.25, 0.3) is 10.8 Å². The highest BCUT2D eigenvalue weighted by atomic mass is 15.1. The molecule has 3 aromatic carbocycles. The molecule has 0 aliphatic carbocycles. The van der Waals surface area contributed by atoms with E-state index in [0.29, 0.717) is 0 Å². The first kappa shape index (κ1) is 11.6. The van der Waals surface area contributed by atoms with Gasteiger partial charge in [-0.15, -0.1) is 5.11 Å². The lowest BCUT2D eigenvalue weighted by atomic mass is 10.1. The van der Waals surface area contributed by atoms with E-state index >= 15 is 0 Å². The van der Waals surface area contributed by atoms with Crippen LogP contribution in [0.15, 0.2) is 77.0 Å². The Hall–Kier alpha value is -2.48. The fraction of sp³-hybridized carbons (Fsp3) is 0.0588. The van der Waals surface area contributed by atoms with Crippen molar-refractivity contribution in [1.29, 1.82) is 0 Å². The van der Waals surface area contributed by atoms with Crippen molar-refractivity contribution in [2.75, 3.05) is 0 Å². The zero-order valence-electron chi connectivity index (χ0n) is 10.7. The zero-order valence-corrected chi connectivity index (χ0v) is 10.7. The molecule has 3 rings (SSSR count). The third-order valence-corrected chi connectivity index (χ3v) is 3.15. The van der Waals surface area contributed by atoms with Crippen molar-refractivity contribution < 1.29 is 0 Å². The van der Waals surface area contributed by atoms with Crippen LogP contribution in [-0.4, -0.2) is 0 Å². The first-order valence-electron chi connectivity index (χ1n) is 6.30. The van der Waals surface area contributed by atoms with Gasteiger partial charge in [0.15, 0.2) is 0 Å². The van der Waals surface area contributed by atoms with Gasteiger partial charge in [0.05, 0.1) is 11.4 Å². The number of rotatable bonds is 2. The molecule has 0 aliphatic rings. The molecular formula is C17H14N2. The molecule has 0 N–H and O–H groups in total. The molecule has 0 saturated heterocycles. The van der Waals surface area contributed by atoms with Gasteiger partial charge in [0.25, 0.3) is 0 Å². The summed E-state index contributed by atoms with van der Waals surface area (Å²) < 4.78 is 0. The summed E-state index contributed by atoms with van der Waals surface area (Å²) in [7, 11) is 0. The molecule has 0 heterocycles. The Labute approximate surface area is 112 Å². The van der Waals surface area contributed by atoms with Gasteiger partial charge in [-0.3, -0.25) is 0 Å². The lowest BCUT2D eigenvalue weighted by Gasteiger charge is -2.01. The van der Waals surface area contributed by atoms with E-state index < -0.39 is 0 Å². The Morgan fingerprint density at radius 3 is 2.16 bits per heavy atom. The standard InChI is InChI=1S/C17H14N2/c1-13-7-2-5-11-16(13)18-19-17-12-6-9-14-8-3-4-10-15(14)17/h2-12H,1H3. The van der Waals surface area contributed by atoms with Crippen LogP contribution >= 0.6 is 0 Å². The fourth-order valence-corrected chi connectivity index (χ4v) is 2.08. The van der Waals surface area contributed by atoms with E-state index in [0.717, 1.165) is 22.3 Å². The van der Waals surface area contributed by atoms with E-state index in [1.54, 1.807) is 0 Å². The maximum atomic E-state index is 4.39. The number of benzene rings is 3. The van der Waals surface area contributed by atoms with Crippen LogP contribution in [0.2, 0.25) is 0 Å². The minimum atomic E-state index is 0.904. The van der Waals surface area contributed by atoms with E-state index in [1.807, 2.05) is 55.5 Å². The number of aryl methyl sites for hydroxylation is 1. The van der Waals surface area contributed by atoms with Crippen molar-refractivity contribution in [1.82, 2.24) is 0 Å². The van der Waals surface area contributed by atoms with Gasteiger partial charge in [-0.25, -0.2) is 0 Å². The van der Waals surface area contributed by atoms with E-state index in [1.165, 1.54) is 5.39 Å². The summed E-state index contributed by atoms with van der Waals surface area (Å²) in [5, 5.41) is 11.1. The van der Waals surface area contributed by atoms with Crippen molar-refractivity contribution in [2.45, 2.75) is 6.92 Å². The molecule has 0 saturated carbocycles. The lowest BCUT2D eigenvalue weighted by molar-refractivity contribution is 1.22. The molecule has 0 radical (unpaired) electrons. The summed E-state index contributed by atoms with van der Waals surface area (Å²) in [6.45, 7) is 2.04. The molecular weight excluding hydrogens is 232 g/mol. The number of fused-ring (bicyclic) bond motifs is 1. The van der Waals surface area contributed by atoms with Crippen LogP contribution < -0.4 is 0 Å². The van der Waals surface area contributed by atoms with Gasteiger partial charge in [0.2, 0.25) is 0 Å². The number of hydrogen-bond acceptors (Lipinski definition) is 2. The Kier molecular flexibility index (Phi) is 3.07. The minimum Gasteiger partial charge on any atom is -0.150 e. The van der Waals surface area contributed by atoms with Crippen LogP contribution in [0.4, 0.5) is 11.4 Å². The average molecular weight is 246 g/mol. The SMILES string of the molecule is Cc1ccccc1N=Nc1cccc2ccccc12. The van der Waals surface area contributed by atoms with E-state index in [2.05, 4.69) is 28.4 Å². The van der Waals surface area contributed by atoms with Crippen LogP contribution in [0.1, 0.15) is 5.56 Å². The predicted octanol–water partition coefficient (Wildman–Crippen LogP) is 5.56. The number of hydrogen-bond donors (Lipinski definition) is 0. The smallest absolute Gasteiger partial charge is 0.0935 e. The average Bonchev–Trinajstić information content (AvgIpc) is 2.46. The molecule has 92 valence electrons. The highest BCUT2D eigenvalue weighted by molar-refractivity contribution is 5.92. The second-order valence-corrected chi connectivity index (χ2v) is 4.48. The molecule has 0 aromatic heterocycles. The fourth-order valence-electron chi connectivity index (χ4n) is 2.08. The second kappa shape index (κ2) is 5.02. The lowest BCUT2D eigenvalue weighted by Crippen LogP contribution is -1.73. The number of azo groups is 1. The predicted molar refractivity (Wildman–Crippen MR) is 79.3 cm³/mol. The molecule has 0 atom stereocenters. The first-order chi connectivity index (χ1) is 9.34. The Morgan fingerprint density at radius 1 is 0.632 bits per heavy atom. The third-order valence-electron chi connectivity index (χ3n) is 3.15. The maximum absolute atomic E-state index is 4.39. The van der Waals surface area contributed by atoms with Crippen LogP contribution in [0, 0.1) is 6.92 Å². The van der Waals surface area contributed by atoms with E-state index in [-0.39, 0.29) is 0 Å². The molecule has 0 spiro atoms. The third kappa shape index (κ3) is 2.38. The van der Waals surface area contributed by atoms with Gasteiger partial charge in [-0.2, -0.15) is 5.11 Å². The van der Waals surface area contributed by atoms with Crippen molar-refractivity contribution in [3.8, 4) is 0 Å². The molecule has 2 nitrogen and oxygen atoms in total. The summed E-state index contributed by atoms with van der Waals surface area (Å²) in [5.74, 6) is 0. The summed E-state index contributed by atoms with van der Waals surface area (Å²) >= 11 is 0. The van der Waals surface area contributed by atoms with Gasteiger partial charge in [-0.05, 0) is 30.0 Å². The Balaban J connectivity index is 2.04. The van der Waals surface area contributed by atoms with E-state index in [4.69, 9.17) is 0 Å². The molecule has 19 heavy (non-hydrogen) atoms. The number of nitrogens with zero attached hydrogens (tertiary/aromatic N) is 2. The van der Waals surface area contributed by atoms with Crippen LogP contribution in [0.5, 0.6) is 0 Å². The zero-order chi connectivity index (χ0) is 13.1. The van der Waals surface area contributed by atoms with Crippen LogP contribution in [-0.2, 0) is 0 Å². The first-order valence-corrected chi connectivity index (χ1v) is 6.30. The highest BCUT2D eigenvalue weighted by Crippen LogP contribution is 2.28. The van der Waals surface area contributed by atoms with Gasteiger partial charge in [0, 0.05) is 5.39 Å². The van der Waals surface area contributed by atoms with Crippen molar-refractivity contribution in [2.24, 2.45) is 10.2 Å². The highest BCUT2D eigenvalue weighted by Gasteiger charge is 1.99. The minimum absolute atomic E-state index is 0.904. The molecule has 0 unspecified atom stereocenters. The molecule has 0 fully saturated rings. The summed E-state index contributed by atoms with van der Waals surface area (Å²) in [6.07, 6.45) is 0. The molecule has 0 bridgehead atoms. The van der Waals surface area contributed by atoms with Crippen molar-refractivity contribution >= 4 is 22.1 Å². The van der Waals surface area contributed by atoms with Crippen LogP contribution in [0.3, 0.4) is 0 Å². The summed E-state index contributed by atoms with van der Waals surface area (Å²) in [4.78, 5) is 0. The second-order valence-electron chi connectivity index (χ2n) is 4.48. The van der Waals surface area contributed by atoms with Crippen molar-refractivity contribution in [3.63, 3.8) is 0 Å². The quantitative estimate of drug-likeness (QED) is 0.528. The molecule has 2 heteroatoms. The van der Waals surface area contributed by atoms with E-state index in [9.17, 15) is 0 Å². The largest absolute Gasteiger partial charge is 0.150 e.